The second-order valence-electron chi connectivity index (χ2n) is 6.09. The van der Waals surface area contributed by atoms with Crippen LogP contribution < -0.4 is 15.4 Å². The van der Waals surface area contributed by atoms with Gasteiger partial charge >= 0.3 is 12.2 Å². The van der Waals surface area contributed by atoms with Crippen molar-refractivity contribution in [3.05, 3.63) is 59.2 Å². The lowest BCUT2D eigenvalue weighted by molar-refractivity contribution is -0.137. The number of amides is 2. The van der Waals surface area contributed by atoms with Crippen molar-refractivity contribution in [3.8, 4) is 5.75 Å². The lowest BCUT2D eigenvalue weighted by atomic mass is 10.1. The molecule has 138 valence electrons. The Morgan fingerprint density at radius 3 is 2.50 bits per heavy atom. The third kappa shape index (κ3) is 4.68. The zero-order valence-corrected chi connectivity index (χ0v) is 14.0. The predicted octanol–water partition coefficient (Wildman–Crippen LogP) is 4.39. The van der Waals surface area contributed by atoms with Crippen molar-refractivity contribution in [2.24, 2.45) is 0 Å². The first-order valence-electron chi connectivity index (χ1n) is 8.38. The molecule has 0 aromatic heterocycles. The lowest BCUT2D eigenvalue weighted by Gasteiger charge is -2.11. The molecule has 0 bridgehead atoms. The normalized spacial score (nSPS) is 13.2. The van der Waals surface area contributed by atoms with Crippen molar-refractivity contribution in [1.82, 2.24) is 5.32 Å². The molecule has 0 saturated heterocycles. The standard InChI is InChI=1S/C19H19F3N2O2/c20-19(21,22)15-5-7-16(8-6-15)24-18(25)23-10-11-26-17-9-4-13-2-1-3-14(13)12-17/h4-9,12H,1-3,10-11H2,(H2,23,24,25). The predicted molar refractivity (Wildman–Crippen MR) is 92.4 cm³/mol. The van der Waals surface area contributed by atoms with Crippen LogP contribution in [0.5, 0.6) is 5.75 Å². The topological polar surface area (TPSA) is 50.4 Å². The molecular formula is C19H19F3N2O2. The molecule has 1 aliphatic rings. The van der Waals surface area contributed by atoms with Gasteiger partial charge in [-0.2, -0.15) is 13.2 Å². The van der Waals surface area contributed by atoms with Gasteiger partial charge in [-0.05, 0) is 66.8 Å². The van der Waals surface area contributed by atoms with Gasteiger partial charge in [-0.3, -0.25) is 0 Å². The number of benzene rings is 2. The highest BCUT2D eigenvalue weighted by Gasteiger charge is 2.29. The van der Waals surface area contributed by atoms with Crippen LogP contribution in [0, 0.1) is 0 Å². The first-order chi connectivity index (χ1) is 12.4. The molecule has 0 aliphatic heterocycles. The summed E-state index contributed by atoms with van der Waals surface area (Å²) in [5.74, 6) is 0.774. The van der Waals surface area contributed by atoms with E-state index in [1.54, 1.807) is 0 Å². The van der Waals surface area contributed by atoms with E-state index in [1.807, 2.05) is 12.1 Å². The third-order valence-electron chi connectivity index (χ3n) is 4.20. The fourth-order valence-electron chi connectivity index (χ4n) is 2.89. The number of halogens is 3. The summed E-state index contributed by atoms with van der Waals surface area (Å²) in [6, 6.07) is 9.80. The third-order valence-corrected chi connectivity index (χ3v) is 4.20. The van der Waals surface area contributed by atoms with Crippen LogP contribution in [0.4, 0.5) is 23.7 Å². The molecule has 2 aromatic rings. The van der Waals surface area contributed by atoms with Gasteiger partial charge in [-0.25, -0.2) is 4.79 Å². The van der Waals surface area contributed by atoms with Crippen molar-refractivity contribution in [1.29, 1.82) is 0 Å². The van der Waals surface area contributed by atoms with Crippen LogP contribution in [0.15, 0.2) is 42.5 Å². The van der Waals surface area contributed by atoms with E-state index in [1.165, 1.54) is 29.7 Å². The van der Waals surface area contributed by atoms with Gasteiger partial charge in [0.1, 0.15) is 12.4 Å². The Labute approximate surface area is 149 Å². The number of hydrogen-bond acceptors (Lipinski definition) is 2. The molecule has 0 spiro atoms. The van der Waals surface area contributed by atoms with E-state index >= 15 is 0 Å². The summed E-state index contributed by atoms with van der Waals surface area (Å²) in [4.78, 5) is 11.8. The van der Waals surface area contributed by atoms with E-state index in [4.69, 9.17) is 4.74 Å². The summed E-state index contributed by atoms with van der Waals surface area (Å²) < 4.78 is 43.1. The number of urea groups is 1. The Kier molecular flexibility index (Phi) is 5.35. The van der Waals surface area contributed by atoms with E-state index in [0.717, 1.165) is 30.7 Å². The fraction of sp³-hybridized carbons (Fsp3) is 0.316. The highest BCUT2D eigenvalue weighted by Crippen LogP contribution is 2.29. The van der Waals surface area contributed by atoms with E-state index in [2.05, 4.69) is 16.7 Å². The molecule has 0 heterocycles. The maximum absolute atomic E-state index is 12.5. The Balaban J connectivity index is 1.40. The van der Waals surface area contributed by atoms with Crippen LogP contribution in [-0.4, -0.2) is 19.2 Å². The number of anilines is 1. The van der Waals surface area contributed by atoms with E-state index in [-0.39, 0.29) is 12.2 Å². The molecule has 0 saturated carbocycles. The van der Waals surface area contributed by atoms with Crippen LogP contribution >= 0.6 is 0 Å². The van der Waals surface area contributed by atoms with Crippen molar-refractivity contribution < 1.29 is 22.7 Å². The number of nitrogens with one attached hydrogen (secondary N) is 2. The molecular weight excluding hydrogens is 345 g/mol. The minimum Gasteiger partial charge on any atom is -0.492 e. The van der Waals surface area contributed by atoms with Crippen LogP contribution in [0.3, 0.4) is 0 Å². The van der Waals surface area contributed by atoms with Crippen LogP contribution in [-0.2, 0) is 19.0 Å². The molecule has 0 unspecified atom stereocenters. The molecule has 0 radical (unpaired) electrons. The molecule has 2 N–H and O–H groups in total. The van der Waals surface area contributed by atoms with Crippen molar-refractivity contribution >= 4 is 11.7 Å². The van der Waals surface area contributed by atoms with Gasteiger partial charge in [0.25, 0.3) is 0 Å². The molecule has 0 fully saturated rings. The van der Waals surface area contributed by atoms with Gasteiger partial charge in [0, 0.05) is 5.69 Å². The Morgan fingerprint density at radius 1 is 1.04 bits per heavy atom. The number of ether oxygens (including phenoxy) is 1. The van der Waals surface area contributed by atoms with E-state index in [9.17, 15) is 18.0 Å². The zero-order valence-electron chi connectivity index (χ0n) is 14.0. The number of carbonyl (C=O) groups is 1. The second kappa shape index (κ2) is 7.68. The van der Waals surface area contributed by atoms with Gasteiger partial charge in [-0.1, -0.05) is 6.07 Å². The molecule has 2 aromatic carbocycles. The molecule has 4 nitrogen and oxygen atoms in total. The molecule has 2 amide bonds. The highest BCUT2D eigenvalue weighted by molar-refractivity contribution is 5.89. The van der Waals surface area contributed by atoms with Gasteiger partial charge in [0.05, 0.1) is 12.1 Å². The summed E-state index contributed by atoms with van der Waals surface area (Å²) in [6.07, 6.45) is -1.04. The number of alkyl halides is 3. The Hall–Kier alpha value is -2.70. The fourth-order valence-corrected chi connectivity index (χ4v) is 2.89. The smallest absolute Gasteiger partial charge is 0.416 e. The van der Waals surface area contributed by atoms with Crippen molar-refractivity contribution in [2.75, 3.05) is 18.5 Å². The number of aryl methyl sites for hydroxylation is 2. The van der Waals surface area contributed by atoms with E-state index < -0.39 is 17.8 Å². The maximum Gasteiger partial charge on any atom is 0.416 e. The van der Waals surface area contributed by atoms with Gasteiger partial charge in [0.15, 0.2) is 0 Å². The second-order valence-corrected chi connectivity index (χ2v) is 6.09. The minimum atomic E-state index is -4.39. The number of carbonyl (C=O) groups excluding carboxylic acids is 1. The van der Waals surface area contributed by atoms with Gasteiger partial charge in [-0.15, -0.1) is 0 Å². The molecule has 26 heavy (non-hydrogen) atoms. The summed E-state index contributed by atoms with van der Waals surface area (Å²) in [6.45, 7) is 0.586. The summed E-state index contributed by atoms with van der Waals surface area (Å²) in [7, 11) is 0. The van der Waals surface area contributed by atoms with E-state index in [0.29, 0.717) is 6.61 Å². The summed E-state index contributed by atoms with van der Waals surface area (Å²) in [5.41, 5.74) is 2.21. The first kappa shape index (κ1) is 18.1. The molecule has 0 atom stereocenters. The number of rotatable bonds is 5. The Morgan fingerprint density at radius 2 is 1.77 bits per heavy atom. The maximum atomic E-state index is 12.5. The summed E-state index contributed by atoms with van der Waals surface area (Å²) >= 11 is 0. The lowest BCUT2D eigenvalue weighted by Crippen LogP contribution is -2.32. The van der Waals surface area contributed by atoms with Crippen LogP contribution in [0.2, 0.25) is 0 Å². The average molecular weight is 364 g/mol. The van der Waals surface area contributed by atoms with Crippen molar-refractivity contribution in [2.45, 2.75) is 25.4 Å². The average Bonchev–Trinajstić information content (AvgIpc) is 3.06. The molecule has 7 heteroatoms. The largest absolute Gasteiger partial charge is 0.492 e. The number of fused-ring (bicyclic) bond motifs is 1. The summed E-state index contributed by atoms with van der Waals surface area (Å²) in [5, 5.41) is 5.08. The number of hydrogen-bond donors (Lipinski definition) is 2. The minimum absolute atomic E-state index is 0.281. The molecule has 3 rings (SSSR count). The first-order valence-corrected chi connectivity index (χ1v) is 8.38. The monoisotopic (exact) mass is 364 g/mol. The SMILES string of the molecule is O=C(NCCOc1ccc2c(c1)CCC2)Nc1ccc(C(F)(F)F)cc1. The van der Waals surface area contributed by atoms with Gasteiger partial charge < -0.3 is 15.4 Å². The Bertz CT molecular complexity index is 773. The van der Waals surface area contributed by atoms with Crippen LogP contribution in [0.25, 0.3) is 0 Å². The zero-order chi connectivity index (χ0) is 18.6. The highest BCUT2D eigenvalue weighted by atomic mass is 19.4. The van der Waals surface area contributed by atoms with Crippen molar-refractivity contribution in [3.63, 3.8) is 0 Å². The van der Waals surface area contributed by atoms with Crippen LogP contribution in [0.1, 0.15) is 23.1 Å². The molecule has 1 aliphatic carbocycles. The quantitative estimate of drug-likeness (QED) is 0.773. The van der Waals surface area contributed by atoms with Gasteiger partial charge in [0.2, 0.25) is 0 Å².